The molecule has 4 nitrogen and oxygen atoms in total. The van der Waals surface area contributed by atoms with E-state index in [1.54, 1.807) is 18.2 Å². The van der Waals surface area contributed by atoms with E-state index in [-0.39, 0.29) is 5.91 Å². The quantitative estimate of drug-likeness (QED) is 0.284. The van der Waals surface area contributed by atoms with Crippen LogP contribution in [-0.2, 0) is 11.4 Å². The second-order valence-corrected chi connectivity index (χ2v) is 9.37. The van der Waals surface area contributed by atoms with Crippen molar-refractivity contribution in [2.75, 3.05) is 0 Å². The molecule has 168 valence electrons. The predicted octanol–water partition coefficient (Wildman–Crippen LogP) is 7.62. The minimum absolute atomic E-state index is 0.210. The summed E-state index contributed by atoms with van der Waals surface area (Å²) < 4.78 is 6.00. The molecule has 0 bridgehead atoms. The fraction of sp³-hybridized carbons (Fsp3) is 0.0370. The van der Waals surface area contributed by atoms with Crippen LogP contribution in [0.5, 0.6) is 5.75 Å². The topological polar surface area (TPSA) is 50.7 Å². The largest absolute Gasteiger partial charge is 0.489 e. The third-order valence-electron chi connectivity index (χ3n) is 5.26. The lowest BCUT2D eigenvalue weighted by Crippen LogP contribution is -2.19. The van der Waals surface area contributed by atoms with E-state index in [0.717, 1.165) is 16.9 Å². The van der Waals surface area contributed by atoms with Gasteiger partial charge < -0.3 is 10.1 Å². The Labute approximate surface area is 211 Å². The Balaban J connectivity index is 1.27. The first-order valence-electron chi connectivity index (χ1n) is 10.5. The highest BCUT2D eigenvalue weighted by molar-refractivity contribution is 8.18. The van der Waals surface area contributed by atoms with Crippen molar-refractivity contribution in [2.45, 2.75) is 6.61 Å². The third kappa shape index (κ3) is 4.97. The summed E-state index contributed by atoms with van der Waals surface area (Å²) in [5, 5.41) is 6.36. The number of nitrogens with zero attached hydrogens (tertiary/aromatic N) is 1. The molecular formula is C27H18Cl2N2O2S. The van der Waals surface area contributed by atoms with Gasteiger partial charge in [0.05, 0.1) is 20.6 Å². The lowest BCUT2D eigenvalue weighted by Gasteiger charge is -2.09. The van der Waals surface area contributed by atoms with Crippen molar-refractivity contribution in [2.24, 2.45) is 4.99 Å². The molecule has 1 heterocycles. The Morgan fingerprint density at radius 3 is 2.53 bits per heavy atom. The van der Waals surface area contributed by atoms with Gasteiger partial charge in [0, 0.05) is 0 Å². The zero-order chi connectivity index (χ0) is 23.5. The van der Waals surface area contributed by atoms with Crippen molar-refractivity contribution in [3.8, 4) is 5.75 Å². The Bertz CT molecular complexity index is 1440. The predicted molar refractivity (Wildman–Crippen MR) is 142 cm³/mol. The Morgan fingerprint density at radius 1 is 0.912 bits per heavy atom. The SMILES string of the molecule is O=C1NC(=Nc2cccc(Cl)c2Cl)S/C1=C\c1ccc(OCc2cccc3ccccc23)cc1. The fourth-order valence-corrected chi connectivity index (χ4v) is 4.73. The number of ether oxygens (including phenoxy) is 1. The van der Waals surface area contributed by atoms with E-state index in [0.29, 0.717) is 32.4 Å². The summed E-state index contributed by atoms with van der Waals surface area (Å²) in [4.78, 5) is 17.4. The van der Waals surface area contributed by atoms with Crippen molar-refractivity contribution in [1.82, 2.24) is 5.32 Å². The molecule has 1 amide bonds. The number of hydrogen-bond acceptors (Lipinski definition) is 4. The van der Waals surface area contributed by atoms with Crippen LogP contribution in [0.1, 0.15) is 11.1 Å². The second kappa shape index (κ2) is 9.94. The molecule has 4 aromatic carbocycles. The van der Waals surface area contributed by atoms with E-state index in [1.165, 1.54) is 22.5 Å². The van der Waals surface area contributed by atoms with Crippen LogP contribution in [0.15, 0.2) is 94.8 Å². The molecule has 0 aromatic heterocycles. The number of hydrogen-bond donors (Lipinski definition) is 1. The molecule has 1 N–H and O–H groups in total. The summed E-state index contributed by atoms with van der Waals surface area (Å²) in [5.74, 6) is 0.551. The van der Waals surface area contributed by atoms with Crippen molar-refractivity contribution in [3.05, 3.63) is 111 Å². The molecule has 5 rings (SSSR count). The minimum Gasteiger partial charge on any atom is -0.489 e. The summed E-state index contributed by atoms with van der Waals surface area (Å²) in [6, 6.07) is 27.3. The molecule has 4 aromatic rings. The number of aliphatic imine (C=N–C) groups is 1. The maximum Gasteiger partial charge on any atom is 0.264 e. The lowest BCUT2D eigenvalue weighted by molar-refractivity contribution is -0.115. The zero-order valence-corrected chi connectivity index (χ0v) is 20.1. The maximum atomic E-state index is 12.4. The molecule has 0 radical (unpaired) electrons. The molecule has 0 atom stereocenters. The highest BCUT2D eigenvalue weighted by Crippen LogP contribution is 2.34. The number of benzene rings is 4. The van der Waals surface area contributed by atoms with Crippen molar-refractivity contribution in [1.29, 1.82) is 0 Å². The Kier molecular flexibility index (Phi) is 6.59. The van der Waals surface area contributed by atoms with Crippen LogP contribution < -0.4 is 10.1 Å². The number of carbonyl (C=O) groups excluding carboxylic acids is 1. The van der Waals surface area contributed by atoms with E-state index in [4.69, 9.17) is 27.9 Å². The van der Waals surface area contributed by atoms with Gasteiger partial charge >= 0.3 is 0 Å². The Morgan fingerprint density at radius 2 is 1.68 bits per heavy atom. The standard InChI is InChI=1S/C27H18Cl2N2O2S/c28-22-9-4-10-23(25(22)29)30-27-31-26(32)24(34-27)15-17-11-13-20(14-12-17)33-16-19-7-3-6-18-5-1-2-8-21(18)19/h1-15H,16H2,(H,30,31,32)/b24-15-. The monoisotopic (exact) mass is 504 g/mol. The molecule has 1 aliphatic rings. The number of rotatable bonds is 5. The summed E-state index contributed by atoms with van der Waals surface area (Å²) >= 11 is 13.5. The van der Waals surface area contributed by atoms with Gasteiger partial charge in [0.2, 0.25) is 0 Å². The van der Waals surface area contributed by atoms with Crippen molar-refractivity contribution >= 4 is 68.6 Å². The first kappa shape index (κ1) is 22.5. The number of nitrogens with one attached hydrogen (secondary N) is 1. The van der Waals surface area contributed by atoms with Gasteiger partial charge in [-0.05, 0) is 64.0 Å². The van der Waals surface area contributed by atoms with Crippen molar-refractivity contribution < 1.29 is 9.53 Å². The molecule has 7 heteroatoms. The lowest BCUT2D eigenvalue weighted by atomic mass is 10.1. The van der Waals surface area contributed by atoms with E-state index in [2.05, 4.69) is 34.6 Å². The van der Waals surface area contributed by atoms with Gasteiger partial charge in [-0.2, -0.15) is 0 Å². The molecular weight excluding hydrogens is 487 g/mol. The number of amidine groups is 1. The number of carbonyl (C=O) groups is 1. The maximum absolute atomic E-state index is 12.4. The van der Waals surface area contributed by atoms with Gasteiger partial charge in [0.15, 0.2) is 5.17 Å². The van der Waals surface area contributed by atoms with E-state index in [9.17, 15) is 4.79 Å². The molecule has 34 heavy (non-hydrogen) atoms. The summed E-state index contributed by atoms with van der Waals surface area (Å²) in [6.45, 7) is 0.478. The van der Waals surface area contributed by atoms with Gasteiger partial charge in [-0.1, -0.05) is 83.9 Å². The molecule has 0 saturated carbocycles. The third-order valence-corrected chi connectivity index (χ3v) is 6.98. The van der Waals surface area contributed by atoms with Crippen LogP contribution in [0.25, 0.3) is 16.8 Å². The summed E-state index contributed by atoms with van der Waals surface area (Å²) in [6.07, 6.45) is 1.82. The van der Waals surface area contributed by atoms with Gasteiger partial charge in [-0.15, -0.1) is 0 Å². The smallest absolute Gasteiger partial charge is 0.264 e. The molecule has 1 aliphatic heterocycles. The van der Waals surface area contributed by atoms with Crippen molar-refractivity contribution in [3.63, 3.8) is 0 Å². The van der Waals surface area contributed by atoms with E-state index >= 15 is 0 Å². The van der Waals surface area contributed by atoms with Crippen LogP contribution in [0.3, 0.4) is 0 Å². The number of amides is 1. The first-order chi connectivity index (χ1) is 16.6. The van der Waals surface area contributed by atoms with Crippen LogP contribution in [0, 0.1) is 0 Å². The van der Waals surface area contributed by atoms with Crippen LogP contribution in [-0.4, -0.2) is 11.1 Å². The molecule has 0 spiro atoms. The summed E-state index contributed by atoms with van der Waals surface area (Å²) in [7, 11) is 0. The molecule has 1 fully saturated rings. The van der Waals surface area contributed by atoms with Gasteiger partial charge in [0.25, 0.3) is 5.91 Å². The average Bonchev–Trinajstić information content (AvgIpc) is 3.20. The Hall–Kier alpha value is -3.25. The van der Waals surface area contributed by atoms with Gasteiger partial charge in [-0.3, -0.25) is 4.79 Å². The zero-order valence-electron chi connectivity index (χ0n) is 17.8. The van der Waals surface area contributed by atoms with Crippen LogP contribution in [0.2, 0.25) is 10.0 Å². The number of thioether (sulfide) groups is 1. The van der Waals surface area contributed by atoms with Gasteiger partial charge in [-0.25, -0.2) is 4.99 Å². The average molecular weight is 505 g/mol. The fourth-order valence-electron chi connectivity index (χ4n) is 3.56. The minimum atomic E-state index is -0.210. The molecule has 0 aliphatic carbocycles. The molecule has 0 unspecified atom stereocenters. The van der Waals surface area contributed by atoms with Crippen LogP contribution >= 0.6 is 35.0 Å². The number of fused-ring (bicyclic) bond motifs is 1. The summed E-state index contributed by atoms with van der Waals surface area (Å²) in [5.41, 5.74) is 2.53. The second-order valence-electron chi connectivity index (χ2n) is 7.55. The van der Waals surface area contributed by atoms with E-state index in [1.807, 2.05) is 48.5 Å². The van der Waals surface area contributed by atoms with Gasteiger partial charge in [0.1, 0.15) is 12.4 Å². The molecule has 1 saturated heterocycles. The normalized spacial score (nSPS) is 15.8. The highest BCUT2D eigenvalue weighted by Gasteiger charge is 2.24. The van der Waals surface area contributed by atoms with E-state index < -0.39 is 0 Å². The first-order valence-corrected chi connectivity index (χ1v) is 12.1. The highest BCUT2D eigenvalue weighted by atomic mass is 35.5. The number of halogens is 2. The van der Waals surface area contributed by atoms with Crippen LogP contribution in [0.4, 0.5) is 5.69 Å².